The summed E-state index contributed by atoms with van der Waals surface area (Å²) in [5.41, 5.74) is -0.320. The minimum absolute atomic E-state index is 0.0627. The van der Waals surface area contributed by atoms with Crippen LogP contribution in [-0.4, -0.2) is 24.9 Å². The van der Waals surface area contributed by atoms with Crippen molar-refractivity contribution < 1.29 is 14.8 Å². The number of hydrogen-bond donors (Lipinski definition) is 3. The number of nitro groups is 1. The number of benzene rings is 1. The Morgan fingerprint density at radius 3 is 2.85 bits per heavy atom. The van der Waals surface area contributed by atoms with Crippen LogP contribution in [-0.2, 0) is 11.2 Å². The summed E-state index contributed by atoms with van der Waals surface area (Å²) in [6, 6.07) is 3.81. The summed E-state index contributed by atoms with van der Waals surface area (Å²) < 4.78 is 1.14. The number of aryl methyl sites for hydroxylation is 1. The van der Waals surface area contributed by atoms with Crippen LogP contribution in [0.2, 0.25) is 0 Å². The fourth-order valence-electron chi connectivity index (χ4n) is 3.02. The number of nitrogens with zero attached hydrogens (tertiary/aromatic N) is 3. The Balaban J connectivity index is 2.20. The summed E-state index contributed by atoms with van der Waals surface area (Å²) >= 11 is 4.20. The van der Waals surface area contributed by atoms with Crippen molar-refractivity contribution in [2.45, 2.75) is 32.1 Å². The number of aromatic nitrogens is 2. The first-order valence-electron chi connectivity index (χ1n) is 7.95. The highest BCUT2D eigenvalue weighted by molar-refractivity contribution is 7.78. The Morgan fingerprint density at radius 1 is 1.46 bits per heavy atom. The maximum Gasteiger partial charge on any atom is 0.310 e. The molecule has 0 spiro atoms. The monoisotopic (exact) mass is 376 g/mol. The van der Waals surface area contributed by atoms with Crippen LogP contribution < -0.4 is 10.9 Å². The third-order valence-corrected chi connectivity index (χ3v) is 4.64. The number of fused-ring (bicyclic) bond motifs is 1. The number of phenols is 1. The Labute approximate surface area is 153 Å². The molecule has 1 atom stereocenters. The highest BCUT2D eigenvalue weighted by Gasteiger charge is 2.33. The molecule has 2 heterocycles. The minimum atomic E-state index is -0.720. The van der Waals surface area contributed by atoms with E-state index >= 15 is 0 Å². The predicted octanol–water partition coefficient (Wildman–Crippen LogP) is 1.98. The van der Waals surface area contributed by atoms with Crippen molar-refractivity contribution in [1.82, 2.24) is 8.96 Å². The highest BCUT2D eigenvalue weighted by atomic mass is 32.1. The molecule has 1 aromatic heterocycles. The lowest BCUT2D eigenvalue weighted by molar-refractivity contribution is -0.385. The van der Waals surface area contributed by atoms with Crippen LogP contribution in [0.3, 0.4) is 0 Å². The standard InChI is InChI=1S/C16H16N4O5S/c1-2-3-12-17-15-14(16(23)19(12)26)9(7-13(22)18-15)8-4-5-11(21)10(6-8)20(24)25/h4-6,9,21,26H,2-3,7H2,1H3,(H,18,22). The maximum absolute atomic E-state index is 12.8. The second-order valence-electron chi connectivity index (χ2n) is 5.97. The Hall–Kier alpha value is -2.88. The fourth-order valence-corrected chi connectivity index (χ4v) is 3.27. The zero-order valence-corrected chi connectivity index (χ0v) is 14.7. The number of nitro benzene ring substituents is 1. The summed E-state index contributed by atoms with van der Waals surface area (Å²) in [5.74, 6) is -0.961. The average Bonchev–Trinajstić information content (AvgIpc) is 2.59. The van der Waals surface area contributed by atoms with Gasteiger partial charge in [-0.2, -0.15) is 0 Å². The van der Waals surface area contributed by atoms with E-state index in [1.165, 1.54) is 18.2 Å². The lowest BCUT2D eigenvalue weighted by Crippen LogP contribution is -2.34. The molecule has 0 fully saturated rings. The van der Waals surface area contributed by atoms with Gasteiger partial charge < -0.3 is 10.4 Å². The molecule has 0 radical (unpaired) electrons. The first kappa shape index (κ1) is 17.9. The van der Waals surface area contributed by atoms with Crippen molar-refractivity contribution in [1.29, 1.82) is 0 Å². The maximum atomic E-state index is 12.8. The van der Waals surface area contributed by atoms with Crippen LogP contribution in [0, 0.1) is 10.1 Å². The van der Waals surface area contributed by atoms with Gasteiger partial charge in [0.2, 0.25) is 5.91 Å². The topological polar surface area (TPSA) is 127 Å². The van der Waals surface area contributed by atoms with E-state index in [0.29, 0.717) is 17.8 Å². The van der Waals surface area contributed by atoms with Gasteiger partial charge in [-0.1, -0.05) is 25.8 Å². The fraction of sp³-hybridized carbons (Fsp3) is 0.312. The van der Waals surface area contributed by atoms with Gasteiger partial charge in [-0.15, -0.1) is 0 Å². The Kier molecular flexibility index (Phi) is 4.68. The third-order valence-electron chi connectivity index (χ3n) is 4.23. The number of thiol groups is 1. The van der Waals surface area contributed by atoms with Crippen LogP contribution in [0.25, 0.3) is 0 Å². The Morgan fingerprint density at radius 2 is 2.19 bits per heavy atom. The van der Waals surface area contributed by atoms with Gasteiger partial charge in [-0.05, 0) is 18.1 Å². The Bertz CT molecular complexity index is 972. The van der Waals surface area contributed by atoms with Gasteiger partial charge in [0, 0.05) is 24.8 Å². The summed E-state index contributed by atoms with van der Waals surface area (Å²) in [4.78, 5) is 39.6. The van der Waals surface area contributed by atoms with Gasteiger partial charge in [0.15, 0.2) is 5.75 Å². The SMILES string of the molecule is CCCc1nc2c(c(=O)n1S)C(c1ccc(O)c([N+](=O)[O-])c1)CC(=O)N2. The molecule has 0 saturated heterocycles. The molecule has 136 valence electrons. The van der Waals surface area contributed by atoms with E-state index < -0.39 is 27.8 Å². The second kappa shape index (κ2) is 6.79. The lowest BCUT2D eigenvalue weighted by Gasteiger charge is -2.25. The normalized spacial score (nSPS) is 16.1. The third kappa shape index (κ3) is 3.03. The van der Waals surface area contributed by atoms with Crippen molar-refractivity contribution >= 4 is 30.2 Å². The van der Waals surface area contributed by atoms with E-state index in [4.69, 9.17) is 0 Å². The number of aromatic hydroxyl groups is 1. The molecule has 1 aliphatic rings. The molecule has 10 heteroatoms. The van der Waals surface area contributed by atoms with Crippen molar-refractivity contribution in [3.63, 3.8) is 0 Å². The first-order chi connectivity index (χ1) is 12.3. The van der Waals surface area contributed by atoms with E-state index in [2.05, 4.69) is 23.1 Å². The summed E-state index contributed by atoms with van der Waals surface area (Å²) in [6.07, 6.45) is 1.19. The molecule has 3 rings (SSSR count). The van der Waals surface area contributed by atoms with Crippen LogP contribution in [0.15, 0.2) is 23.0 Å². The highest BCUT2D eigenvalue weighted by Crippen LogP contribution is 2.37. The zero-order chi connectivity index (χ0) is 19.0. The van der Waals surface area contributed by atoms with Crippen LogP contribution >= 0.6 is 12.8 Å². The molecule has 1 aromatic carbocycles. The van der Waals surface area contributed by atoms with E-state index in [0.717, 1.165) is 10.4 Å². The molecule has 26 heavy (non-hydrogen) atoms. The number of carbonyl (C=O) groups is 1. The van der Waals surface area contributed by atoms with Crippen molar-refractivity contribution in [3.05, 3.63) is 55.6 Å². The summed E-state index contributed by atoms with van der Waals surface area (Å²) in [7, 11) is 0. The predicted molar refractivity (Wildman–Crippen MR) is 96.7 cm³/mol. The number of phenolic OH excluding ortho intramolecular Hbond substituents is 1. The van der Waals surface area contributed by atoms with Gasteiger partial charge in [-0.25, -0.2) is 8.96 Å². The van der Waals surface area contributed by atoms with Crippen LogP contribution in [0.1, 0.15) is 42.6 Å². The first-order valence-corrected chi connectivity index (χ1v) is 8.35. The van der Waals surface area contributed by atoms with E-state index in [-0.39, 0.29) is 23.7 Å². The number of rotatable bonds is 4. The van der Waals surface area contributed by atoms with Crippen molar-refractivity contribution in [2.24, 2.45) is 0 Å². The molecule has 2 N–H and O–H groups in total. The van der Waals surface area contributed by atoms with E-state index in [1.807, 2.05) is 6.92 Å². The van der Waals surface area contributed by atoms with Gasteiger partial charge >= 0.3 is 5.69 Å². The summed E-state index contributed by atoms with van der Waals surface area (Å²) in [5, 5.41) is 23.3. The quantitative estimate of drug-likeness (QED) is 0.425. The van der Waals surface area contributed by atoms with Gasteiger partial charge in [-0.3, -0.25) is 19.7 Å². The molecule has 0 bridgehead atoms. The number of anilines is 1. The number of nitrogens with one attached hydrogen (secondary N) is 1. The molecule has 9 nitrogen and oxygen atoms in total. The number of amides is 1. The van der Waals surface area contributed by atoms with Crippen molar-refractivity contribution in [2.75, 3.05) is 5.32 Å². The molecule has 1 unspecified atom stereocenters. The van der Waals surface area contributed by atoms with E-state index in [1.54, 1.807) is 0 Å². The summed E-state index contributed by atoms with van der Waals surface area (Å²) in [6.45, 7) is 1.93. The molecular formula is C16H16N4O5S. The molecule has 1 aliphatic heterocycles. The van der Waals surface area contributed by atoms with Gasteiger partial charge in [0.1, 0.15) is 11.6 Å². The molecule has 0 aliphatic carbocycles. The number of carbonyl (C=O) groups excluding carboxylic acids is 1. The smallest absolute Gasteiger partial charge is 0.310 e. The molecule has 0 saturated carbocycles. The van der Waals surface area contributed by atoms with Crippen molar-refractivity contribution in [3.8, 4) is 5.75 Å². The zero-order valence-electron chi connectivity index (χ0n) is 13.8. The van der Waals surface area contributed by atoms with Gasteiger partial charge in [0.25, 0.3) is 5.56 Å². The largest absolute Gasteiger partial charge is 0.502 e. The average molecular weight is 376 g/mol. The second-order valence-corrected chi connectivity index (χ2v) is 6.37. The van der Waals surface area contributed by atoms with E-state index in [9.17, 15) is 24.8 Å². The van der Waals surface area contributed by atoms with Crippen LogP contribution in [0.5, 0.6) is 5.75 Å². The molecule has 1 amide bonds. The molecular weight excluding hydrogens is 360 g/mol. The van der Waals surface area contributed by atoms with Crippen LogP contribution in [0.4, 0.5) is 11.5 Å². The molecule has 2 aromatic rings. The van der Waals surface area contributed by atoms with Gasteiger partial charge in [0.05, 0.1) is 10.5 Å². The lowest BCUT2D eigenvalue weighted by atomic mass is 9.86. The number of hydrogen-bond acceptors (Lipinski definition) is 7. The minimum Gasteiger partial charge on any atom is -0.502 e.